The molecule has 0 aromatic heterocycles. The summed E-state index contributed by atoms with van der Waals surface area (Å²) in [5.41, 5.74) is 2.15. The molecule has 5 aliphatic rings. The second-order valence-corrected chi connectivity index (χ2v) is 10.8. The van der Waals surface area contributed by atoms with Gasteiger partial charge >= 0.3 is 5.97 Å². The number of hydrogen-bond donors (Lipinski definition) is 0. The predicted molar refractivity (Wildman–Crippen MR) is 130 cm³/mol. The number of hydrogen-bond acceptors (Lipinski definition) is 3. The smallest absolute Gasteiger partial charge is 0.316 e. The van der Waals surface area contributed by atoms with Gasteiger partial charge in [0, 0.05) is 18.8 Å². The zero-order chi connectivity index (χ0) is 22.6. The molecule has 4 fully saturated rings. The topological polar surface area (TPSA) is 35.5 Å². The van der Waals surface area contributed by atoms with E-state index in [1.165, 1.54) is 49.9 Å². The minimum Gasteiger partial charge on any atom is -0.455 e. The van der Waals surface area contributed by atoms with Crippen molar-refractivity contribution in [3.05, 3.63) is 59.7 Å². The molecule has 2 bridgehead atoms. The van der Waals surface area contributed by atoms with Gasteiger partial charge in [0.05, 0.1) is 31.7 Å². The lowest BCUT2D eigenvalue weighted by Gasteiger charge is -2.52. The van der Waals surface area contributed by atoms with Gasteiger partial charge in [0.25, 0.3) is 0 Å². The third-order valence-electron chi connectivity index (χ3n) is 8.86. The second kappa shape index (κ2) is 10.1. The van der Waals surface area contributed by atoms with Gasteiger partial charge in [-0.1, -0.05) is 74.2 Å². The minimum atomic E-state index is -0.379. The molecular formula is C29H40NO3+. The van der Waals surface area contributed by atoms with Crippen LogP contribution < -0.4 is 0 Å². The van der Waals surface area contributed by atoms with Gasteiger partial charge in [-0.15, -0.1) is 0 Å². The van der Waals surface area contributed by atoms with Crippen LogP contribution in [0, 0.1) is 11.3 Å². The fraction of sp³-hybridized carbons (Fsp3) is 0.621. The lowest BCUT2D eigenvalue weighted by molar-refractivity contribution is -0.946. The van der Waals surface area contributed by atoms with Crippen LogP contribution in [0.2, 0.25) is 0 Å². The lowest BCUT2D eigenvalue weighted by Crippen LogP contribution is -2.65. The monoisotopic (exact) mass is 450 g/mol. The third kappa shape index (κ3) is 4.97. The van der Waals surface area contributed by atoms with Crippen molar-refractivity contribution in [2.75, 3.05) is 32.8 Å². The Balaban J connectivity index is 1.21. The van der Waals surface area contributed by atoms with Crippen molar-refractivity contribution in [2.24, 2.45) is 11.3 Å². The van der Waals surface area contributed by atoms with Gasteiger partial charge in [0.2, 0.25) is 0 Å². The maximum Gasteiger partial charge on any atom is 0.316 e. The van der Waals surface area contributed by atoms with E-state index in [4.69, 9.17) is 9.47 Å². The van der Waals surface area contributed by atoms with E-state index in [1.54, 1.807) is 0 Å². The number of benzene rings is 1. The van der Waals surface area contributed by atoms with Gasteiger partial charge in [0.1, 0.15) is 13.1 Å². The van der Waals surface area contributed by atoms with Crippen LogP contribution in [-0.4, -0.2) is 49.3 Å². The summed E-state index contributed by atoms with van der Waals surface area (Å²) in [7, 11) is 0. The van der Waals surface area contributed by atoms with Gasteiger partial charge in [-0.3, -0.25) is 4.79 Å². The van der Waals surface area contributed by atoms with Gasteiger partial charge in [-0.25, -0.2) is 0 Å². The molecule has 2 aliphatic carbocycles. The van der Waals surface area contributed by atoms with Crippen LogP contribution in [0.15, 0.2) is 54.1 Å². The molecule has 0 unspecified atom stereocenters. The molecule has 1 saturated carbocycles. The van der Waals surface area contributed by atoms with Crippen molar-refractivity contribution < 1.29 is 18.8 Å². The standard InChI is InChI=1S/C29H40NO3/c31-28(29(26-12-6-7-13-26)16-8-1-2-9-17-29)33-27-22-30(18-14-25(27)15-19-30)20-21-32-23-24-10-4-3-5-11-24/h3-7,10-12,25,27H,1-2,8-9,13-23H2/q+1/t25?,27-,30?/m0/s1. The van der Waals surface area contributed by atoms with Crippen molar-refractivity contribution in [1.82, 2.24) is 0 Å². The fourth-order valence-electron chi connectivity index (χ4n) is 6.73. The van der Waals surface area contributed by atoms with Crippen LogP contribution in [0.25, 0.3) is 0 Å². The molecule has 33 heavy (non-hydrogen) atoms. The van der Waals surface area contributed by atoms with Crippen LogP contribution >= 0.6 is 0 Å². The number of allylic oxidation sites excluding steroid dienone is 3. The Labute approximate surface area is 199 Å². The third-order valence-corrected chi connectivity index (χ3v) is 8.86. The maximum atomic E-state index is 13.8. The second-order valence-electron chi connectivity index (χ2n) is 10.8. The van der Waals surface area contributed by atoms with Crippen LogP contribution in [0.3, 0.4) is 0 Å². The number of carbonyl (C=O) groups is 1. The zero-order valence-electron chi connectivity index (χ0n) is 20.1. The first-order chi connectivity index (χ1) is 16.2. The van der Waals surface area contributed by atoms with Crippen LogP contribution in [-0.2, 0) is 20.9 Å². The summed E-state index contributed by atoms with van der Waals surface area (Å²) >= 11 is 0. The molecule has 1 atom stereocenters. The molecule has 4 heteroatoms. The van der Waals surface area contributed by atoms with Crippen LogP contribution in [0.4, 0.5) is 0 Å². The molecule has 0 N–H and O–H groups in total. The molecule has 1 aromatic rings. The first-order valence-corrected chi connectivity index (χ1v) is 13.2. The summed E-state index contributed by atoms with van der Waals surface area (Å²) < 4.78 is 13.6. The molecule has 3 heterocycles. The van der Waals surface area contributed by atoms with Crippen molar-refractivity contribution >= 4 is 5.97 Å². The number of fused-ring (bicyclic) bond motifs is 3. The van der Waals surface area contributed by atoms with E-state index in [2.05, 4.69) is 42.5 Å². The number of piperidine rings is 3. The van der Waals surface area contributed by atoms with E-state index in [-0.39, 0.29) is 17.5 Å². The zero-order valence-corrected chi connectivity index (χ0v) is 20.1. The van der Waals surface area contributed by atoms with E-state index < -0.39 is 0 Å². The average molecular weight is 451 g/mol. The molecule has 0 radical (unpaired) electrons. The van der Waals surface area contributed by atoms with E-state index in [9.17, 15) is 4.79 Å². The molecule has 1 aromatic carbocycles. The van der Waals surface area contributed by atoms with Crippen molar-refractivity contribution in [3.63, 3.8) is 0 Å². The van der Waals surface area contributed by atoms with Crippen molar-refractivity contribution in [3.8, 4) is 0 Å². The SMILES string of the molecule is O=C(O[C@H]1C[N+]2(CCOCc3ccccc3)CCC1CC2)C1(C2=CC=CC2)CCCCCC1. The highest BCUT2D eigenvalue weighted by molar-refractivity contribution is 5.81. The molecule has 3 saturated heterocycles. The summed E-state index contributed by atoms with van der Waals surface area (Å²) in [5, 5.41) is 0. The highest BCUT2D eigenvalue weighted by Crippen LogP contribution is 2.46. The normalized spacial score (nSPS) is 30.6. The van der Waals surface area contributed by atoms with E-state index in [0.29, 0.717) is 12.5 Å². The van der Waals surface area contributed by atoms with Gasteiger partial charge in [-0.05, 0) is 30.4 Å². The van der Waals surface area contributed by atoms with Crippen LogP contribution in [0.5, 0.6) is 0 Å². The van der Waals surface area contributed by atoms with Crippen LogP contribution in [0.1, 0.15) is 63.4 Å². The molecule has 178 valence electrons. The summed E-state index contributed by atoms with van der Waals surface area (Å²) in [6.07, 6.45) is 16.5. The first-order valence-electron chi connectivity index (χ1n) is 13.2. The molecule has 3 aliphatic heterocycles. The minimum absolute atomic E-state index is 0.0733. The number of ether oxygens (including phenoxy) is 2. The number of carbonyl (C=O) groups excluding carboxylic acids is 1. The largest absolute Gasteiger partial charge is 0.455 e. The first kappa shape index (κ1) is 22.9. The fourth-order valence-corrected chi connectivity index (χ4v) is 6.73. The van der Waals surface area contributed by atoms with Gasteiger partial charge in [-0.2, -0.15) is 0 Å². The summed E-state index contributed by atoms with van der Waals surface area (Å²) in [5.74, 6) is 0.620. The molecule has 4 nitrogen and oxygen atoms in total. The Bertz CT molecular complexity index is 858. The van der Waals surface area contributed by atoms with Crippen molar-refractivity contribution in [2.45, 2.75) is 70.5 Å². The Morgan fingerprint density at radius 3 is 2.48 bits per heavy atom. The molecule has 0 spiro atoms. The molecular weight excluding hydrogens is 410 g/mol. The van der Waals surface area contributed by atoms with E-state index in [0.717, 1.165) is 56.3 Å². The van der Waals surface area contributed by atoms with E-state index >= 15 is 0 Å². The lowest BCUT2D eigenvalue weighted by atomic mass is 9.73. The summed E-state index contributed by atoms with van der Waals surface area (Å²) in [4.78, 5) is 13.8. The number of nitrogens with zero attached hydrogens (tertiary/aromatic N) is 1. The number of quaternary nitrogens is 1. The number of esters is 1. The summed E-state index contributed by atoms with van der Waals surface area (Å²) in [6, 6.07) is 10.4. The Kier molecular flexibility index (Phi) is 7.03. The Morgan fingerprint density at radius 1 is 1.03 bits per heavy atom. The Morgan fingerprint density at radius 2 is 1.79 bits per heavy atom. The van der Waals surface area contributed by atoms with Gasteiger partial charge < -0.3 is 14.0 Å². The van der Waals surface area contributed by atoms with Gasteiger partial charge in [0.15, 0.2) is 6.10 Å². The molecule has 0 amide bonds. The maximum absolute atomic E-state index is 13.8. The predicted octanol–water partition coefficient (Wildman–Crippen LogP) is 5.58. The highest BCUT2D eigenvalue weighted by atomic mass is 16.5. The highest BCUT2D eigenvalue weighted by Gasteiger charge is 2.50. The Hall–Kier alpha value is -1.91. The number of rotatable bonds is 8. The molecule has 6 rings (SSSR count). The summed E-state index contributed by atoms with van der Waals surface area (Å²) in [6.45, 7) is 5.84. The van der Waals surface area contributed by atoms with Crippen molar-refractivity contribution in [1.29, 1.82) is 0 Å². The van der Waals surface area contributed by atoms with E-state index in [1.807, 2.05) is 6.07 Å². The quantitative estimate of drug-likeness (QED) is 0.224. The average Bonchev–Trinajstić information content (AvgIpc) is 3.28.